The van der Waals surface area contributed by atoms with Gasteiger partial charge >= 0.3 is 6.61 Å². The van der Waals surface area contributed by atoms with Crippen LogP contribution >= 0.6 is 0 Å². The van der Waals surface area contributed by atoms with Crippen LogP contribution in [0.15, 0.2) is 53.6 Å². The normalized spacial score (nSPS) is 11.8. The molecule has 0 bridgehead atoms. The molecular formula is C19H20F2N2O2. The second kappa shape index (κ2) is 7.88. The maximum Gasteiger partial charge on any atom is 0.387 e. The van der Waals surface area contributed by atoms with E-state index in [4.69, 9.17) is 0 Å². The molecule has 25 heavy (non-hydrogen) atoms. The Labute approximate surface area is 145 Å². The lowest BCUT2D eigenvalue weighted by atomic mass is 9.87. The number of nitrogens with one attached hydrogen (secondary N) is 1. The lowest BCUT2D eigenvalue weighted by Gasteiger charge is -2.18. The summed E-state index contributed by atoms with van der Waals surface area (Å²) < 4.78 is 28.4. The fraction of sp³-hybridized carbons (Fsp3) is 0.263. The summed E-state index contributed by atoms with van der Waals surface area (Å²) in [7, 11) is 0. The molecule has 0 fully saturated rings. The molecule has 2 aromatic rings. The molecule has 0 atom stereocenters. The van der Waals surface area contributed by atoms with Gasteiger partial charge in [-0.3, -0.25) is 4.79 Å². The Balaban J connectivity index is 1.94. The summed E-state index contributed by atoms with van der Waals surface area (Å²) in [6, 6.07) is 13.3. The van der Waals surface area contributed by atoms with Gasteiger partial charge < -0.3 is 4.74 Å². The zero-order valence-electron chi connectivity index (χ0n) is 14.3. The van der Waals surface area contributed by atoms with Gasteiger partial charge in [0.25, 0.3) is 5.91 Å². The van der Waals surface area contributed by atoms with Gasteiger partial charge in [0.05, 0.1) is 6.21 Å². The van der Waals surface area contributed by atoms with Crippen molar-refractivity contribution in [2.75, 3.05) is 0 Å². The predicted molar refractivity (Wildman–Crippen MR) is 93.3 cm³/mol. The van der Waals surface area contributed by atoms with Crippen LogP contribution in [-0.2, 0) is 5.41 Å². The van der Waals surface area contributed by atoms with E-state index < -0.39 is 6.61 Å². The van der Waals surface area contributed by atoms with E-state index in [1.54, 1.807) is 24.3 Å². The van der Waals surface area contributed by atoms with Crippen LogP contribution in [0.1, 0.15) is 42.3 Å². The van der Waals surface area contributed by atoms with Crippen LogP contribution in [-0.4, -0.2) is 18.7 Å². The van der Waals surface area contributed by atoms with E-state index in [-0.39, 0.29) is 17.1 Å². The molecule has 0 heterocycles. The van der Waals surface area contributed by atoms with Gasteiger partial charge in [0.2, 0.25) is 0 Å². The zero-order chi connectivity index (χ0) is 18.4. The predicted octanol–water partition coefficient (Wildman–Crippen LogP) is 4.35. The van der Waals surface area contributed by atoms with Gasteiger partial charge in [-0.15, -0.1) is 0 Å². The fourth-order valence-corrected chi connectivity index (χ4v) is 2.09. The maximum atomic E-state index is 12.1. The lowest BCUT2D eigenvalue weighted by molar-refractivity contribution is -0.0498. The van der Waals surface area contributed by atoms with E-state index >= 15 is 0 Å². The summed E-state index contributed by atoms with van der Waals surface area (Å²) in [6.07, 6.45) is 1.42. The Hall–Kier alpha value is -2.76. The minimum Gasteiger partial charge on any atom is -0.435 e. The number of rotatable bonds is 5. The van der Waals surface area contributed by atoms with Crippen LogP contribution in [0.5, 0.6) is 5.75 Å². The summed E-state index contributed by atoms with van der Waals surface area (Å²) in [5.74, 6) is -0.260. The Morgan fingerprint density at radius 1 is 1.08 bits per heavy atom. The molecule has 0 aliphatic heterocycles. The van der Waals surface area contributed by atoms with Gasteiger partial charge in [0, 0.05) is 5.56 Å². The van der Waals surface area contributed by atoms with Crippen molar-refractivity contribution in [3.05, 3.63) is 65.2 Å². The summed E-state index contributed by atoms with van der Waals surface area (Å²) in [5.41, 5.74) is 4.74. The van der Waals surface area contributed by atoms with E-state index in [2.05, 4.69) is 36.0 Å². The molecule has 0 aliphatic rings. The van der Waals surface area contributed by atoms with E-state index in [9.17, 15) is 13.6 Å². The average molecular weight is 346 g/mol. The SMILES string of the molecule is CC(C)(C)c1ccc(C(=O)N/N=C\c2ccc(OC(F)F)cc2)cc1. The van der Waals surface area contributed by atoms with Crippen molar-refractivity contribution in [2.45, 2.75) is 32.8 Å². The molecule has 2 rings (SSSR count). The number of carbonyl (C=O) groups is 1. The van der Waals surface area contributed by atoms with Crippen molar-refractivity contribution in [3.63, 3.8) is 0 Å². The maximum absolute atomic E-state index is 12.1. The molecule has 0 aromatic heterocycles. The van der Waals surface area contributed by atoms with E-state index in [0.717, 1.165) is 5.56 Å². The Bertz CT molecular complexity index is 734. The highest BCUT2D eigenvalue weighted by molar-refractivity contribution is 5.94. The van der Waals surface area contributed by atoms with Crippen LogP contribution in [0.2, 0.25) is 0 Å². The third-order valence-electron chi connectivity index (χ3n) is 3.50. The first-order chi connectivity index (χ1) is 11.8. The summed E-state index contributed by atoms with van der Waals surface area (Å²) in [5, 5.41) is 3.87. The number of halogens is 2. The van der Waals surface area contributed by atoms with E-state index in [1.165, 1.54) is 18.3 Å². The second-order valence-corrected chi connectivity index (χ2v) is 6.47. The number of carbonyl (C=O) groups excluding carboxylic acids is 1. The Morgan fingerprint density at radius 2 is 1.68 bits per heavy atom. The van der Waals surface area contributed by atoms with Crippen molar-refractivity contribution in [1.82, 2.24) is 5.43 Å². The highest BCUT2D eigenvalue weighted by atomic mass is 19.3. The fourth-order valence-electron chi connectivity index (χ4n) is 2.09. The summed E-state index contributed by atoms with van der Waals surface area (Å²) in [4.78, 5) is 12.0. The van der Waals surface area contributed by atoms with E-state index in [1.807, 2.05) is 12.1 Å². The second-order valence-electron chi connectivity index (χ2n) is 6.47. The molecule has 2 aromatic carbocycles. The smallest absolute Gasteiger partial charge is 0.387 e. The van der Waals surface area contributed by atoms with Crippen molar-refractivity contribution >= 4 is 12.1 Å². The quantitative estimate of drug-likeness (QED) is 0.646. The standard InChI is InChI=1S/C19H20F2N2O2/c1-19(2,3)15-8-6-14(7-9-15)17(24)23-22-12-13-4-10-16(11-5-13)25-18(20)21/h4-12,18H,1-3H3,(H,23,24)/b22-12-. The zero-order valence-corrected chi connectivity index (χ0v) is 14.3. The summed E-state index contributed by atoms with van der Waals surface area (Å²) in [6.45, 7) is 3.45. The van der Waals surface area contributed by atoms with Crippen LogP contribution in [0.3, 0.4) is 0 Å². The number of hydrogen-bond donors (Lipinski definition) is 1. The highest BCUT2D eigenvalue weighted by Crippen LogP contribution is 2.22. The number of alkyl halides is 2. The first-order valence-corrected chi connectivity index (χ1v) is 7.74. The van der Waals surface area contributed by atoms with Crippen LogP contribution < -0.4 is 10.2 Å². The van der Waals surface area contributed by atoms with Crippen molar-refractivity contribution < 1.29 is 18.3 Å². The molecule has 1 N–H and O–H groups in total. The Morgan fingerprint density at radius 3 is 2.20 bits per heavy atom. The largest absolute Gasteiger partial charge is 0.435 e. The average Bonchev–Trinajstić information content (AvgIpc) is 2.55. The van der Waals surface area contributed by atoms with Gasteiger partial charge in [0.1, 0.15) is 5.75 Å². The van der Waals surface area contributed by atoms with Gasteiger partial charge in [-0.2, -0.15) is 13.9 Å². The lowest BCUT2D eigenvalue weighted by Crippen LogP contribution is -2.18. The first kappa shape index (κ1) is 18.6. The molecule has 0 spiro atoms. The van der Waals surface area contributed by atoms with Crippen molar-refractivity contribution in [2.24, 2.45) is 5.10 Å². The highest BCUT2D eigenvalue weighted by Gasteiger charge is 2.14. The number of hydrazone groups is 1. The molecular weight excluding hydrogens is 326 g/mol. The van der Waals surface area contributed by atoms with Gasteiger partial charge in [0.15, 0.2) is 0 Å². The molecule has 132 valence electrons. The topological polar surface area (TPSA) is 50.7 Å². The van der Waals surface area contributed by atoms with Crippen LogP contribution in [0.25, 0.3) is 0 Å². The van der Waals surface area contributed by atoms with Gasteiger partial charge in [-0.05, 0) is 52.9 Å². The van der Waals surface area contributed by atoms with Crippen molar-refractivity contribution in [1.29, 1.82) is 0 Å². The van der Waals surface area contributed by atoms with E-state index in [0.29, 0.717) is 11.1 Å². The van der Waals surface area contributed by atoms with Crippen molar-refractivity contribution in [3.8, 4) is 5.75 Å². The first-order valence-electron chi connectivity index (χ1n) is 7.74. The van der Waals surface area contributed by atoms with Crippen LogP contribution in [0, 0.1) is 0 Å². The monoisotopic (exact) mass is 346 g/mol. The molecule has 4 nitrogen and oxygen atoms in total. The molecule has 0 unspecified atom stereocenters. The van der Waals surface area contributed by atoms with Gasteiger partial charge in [-0.1, -0.05) is 32.9 Å². The number of hydrogen-bond acceptors (Lipinski definition) is 3. The molecule has 0 radical (unpaired) electrons. The molecule has 1 amide bonds. The van der Waals surface area contributed by atoms with Crippen LogP contribution in [0.4, 0.5) is 8.78 Å². The third-order valence-corrected chi connectivity index (χ3v) is 3.50. The number of amides is 1. The number of benzene rings is 2. The molecule has 0 saturated heterocycles. The molecule has 0 aliphatic carbocycles. The third kappa shape index (κ3) is 5.67. The Kier molecular flexibility index (Phi) is 5.85. The minimum absolute atomic E-state index is 0.0212. The number of nitrogens with zero attached hydrogens (tertiary/aromatic N) is 1. The van der Waals surface area contributed by atoms with Gasteiger partial charge in [-0.25, -0.2) is 5.43 Å². The molecule has 0 saturated carbocycles. The summed E-state index contributed by atoms with van der Waals surface area (Å²) >= 11 is 0. The molecule has 6 heteroatoms. The number of ether oxygens (including phenoxy) is 1. The minimum atomic E-state index is -2.86.